The van der Waals surface area contributed by atoms with Crippen molar-refractivity contribution < 1.29 is 5.21 Å². The van der Waals surface area contributed by atoms with Crippen LogP contribution in [0.4, 0.5) is 0 Å². The lowest BCUT2D eigenvalue weighted by Gasteiger charge is -2.18. The van der Waals surface area contributed by atoms with Crippen LogP contribution in [0.15, 0.2) is 23.4 Å². The first-order valence-electron chi connectivity index (χ1n) is 6.34. The molecule has 0 spiro atoms. The average molecular weight is 249 g/mol. The first kappa shape index (κ1) is 14.5. The van der Waals surface area contributed by atoms with Gasteiger partial charge in [0, 0.05) is 12.1 Å². The summed E-state index contributed by atoms with van der Waals surface area (Å²) in [5, 5.41) is 11.7. The minimum atomic E-state index is 0.156. The van der Waals surface area contributed by atoms with Crippen molar-refractivity contribution in [2.45, 2.75) is 33.2 Å². The van der Waals surface area contributed by atoms with Crippen molar-refractivity contribution in [1.82, 2.24) is 4.90 Å². The number of hydrogen-bond donors (Lipinski definition) is 2. The van der Waals surface area contributed by atoms with Crippen molar-refractivity contribution in [2.24, 2.45) is 10.9 Å². The number of oxime groups is 1. The van der Waals surface area contributed by atoms with E-state index >= 15 is 0 Å². The molecule has 0 radical (unpaired) electrons. The van der Waals surface area contributed by atoms with Crippen LogP contribution in [0.2, 0.25) is 0 Å². The fraction of sp³-hybridized carbons (Fsp3) is 0.500. The lowest BCUT2D eigenvalue weighted by atomic mass is 10.0. The van der Waals surface area contributed by atoms with Gasteiger partial charge in [0.15, 0.2) is 5.84 Å². The Labute approximate surface area is 109 Å². The molecule has 3 N–H and O–H groups in total. The molecule has 0 bridgehead atoms. The summed E-state index contributed by atoms with van der Waals surface area (Å²) < 4.78 is 0. The zero-order valence-corrected chi connectivity index (χ0v) is 11.5. The summed E-state index contributed by atoms with van der Waals surface area (Å²) in [7, 11) is 2.13. The molecule has 1 aromatic carbocycles. The van der Waals surface area contributed by atoms with Gasteiger partial charge in [-0.2, -0.15) is 0 Å². The molecule has 0 heterocycles. The van der Waals surface area contributed by atoms with E-state index in [9.17, 15) is 0 Å². The predicted molar refractivity (Wildman–Crippen MR) is 74.9 cm³/mol. The third-order valence-electron chi connectivity index (χ3n) is 3.08. The van der Waals surface area contributed by atoms with Crippen molar-refractivity contribution in [1.29, 1.82) is 0 Å². The number of rotatable bonds is 6. The monoisotopic (exact) mass is 249 g/mol. The second kappa shape index (κ2) is 7.01. The normalized spacial score (nSPS) is 12.1. The second-order valence-electron chi connectivity index (χ2n) is 4.72. The van der Waals surface area contributed by atoms with Crippen molar-refractivity contribution in [2.75, 3.05) is 13.6 Å². The van der Waals surface area contributed by atoms with Crippen molar-refractivity contribution in [3.8, 4) is 0 Å². The summed E-state index contributed by atoms with van der Waals surface area (Å²) >= 11 is 0. The predicted octanol–water partition coefficient (Wildman–Crippen LogP) is 2.32. The molecule has 0 amide bonds. The molecule has 4 heteroatoms. The van der Waals surface area contributed by atoms with Crippen LogP contribution < -0.4 is 5.73 Å². The number of nitrogens with two attached hydrogens (primary N) is 1. The quantitative estimate of drug-likeness (QED) is 0.352. The maximum absolute atomic E-state index is 8.65. The molecule has 0 unspecified atom stereocenters. The van der Waals surface area contributed by atoms with Gasteiger partial charge in [-0.25, -0.2) is 0 Å². The maximum atomic E-state index is 8.65. The largest absolute Gasteiger partial charge is 0.409 e. The SMILES string of the molecule is CCCCN(C)Cc1ccc(/C(N)=N/O)cc1C. The van der Waals surface area contributed by atoms with Crippen LogP contribution in [0.1, 0.15) is 36.5 Å². The third kappa shape index (κ3) is 4.04. The van der Waals surface area contributed by atoms with Gasteiger partial charge in [-0.3, -0.25) is 0 Å². The topological polar surface area (TPSA) is 61.8 Å². The highest BCUT2D eigenvalue weighted by Gasteiger charge is 2.06. The van der Waals surface area contributed by atoms with E-state index in [1.165, 1.54) is 24.0 Å². The highest BCUT2D eigenvalue weighted by molar-refractivity contribution is 5.97. The minimum absolute atomic E-state index is 0.156. The molecule has 0 aliphatic rings. The molecule has 1 rings (SSSR count). The summed E-state index contributed by atoms with van der Waals surface area (Å²) in [5.74, 6) is 0.156. The Bertz CT molecular complexity index is 416. The number of unbranched alkanes of at least 4 members (excludes halogenated alkanes) is 1. The second-order valence-corrected chi connectivity index (χ2v) is 4.72. The highest BCUT2D eigenvalue weighted by Crippen LogP contribution is 2.13. The standard InChI is InChI=1S/C14H23N3O/c1-4-5-8-17(3)10-13-7-6-12(9-11(13)2)14(15)16-18/h6-7,9,18H,4-5,8,10H2,1-3H3,(H2,15,16). The van der Waals surface area contributed by atoms with E-state index in [2.05, 4.69) is 31.0 Å². The van der Waals surface area contributed by atoms with Gasteiger partial charge in [0.05, 0.1) is 0 Å². The van der Waals surface area contributed by atoms with Gasteiger partial charge in [-0.05, 0) is 44.1 Å². The molecule has 0 saturated carbocycles. The van der Waals surface area contributed by atoms with Gasteiger partial charge in [0.2, 0.25) is 0 Å². The lowest BCUT2D eigenvalue weighted by molar-refractivity contribution is 0.318. The van der Waals surface area contributed by atoms with Crippen LogP contribution in [-0.2, 0) is 6.54 Å². The smallest absolute Gasteiger partial charge is 0.170 e. The van der Waals surface area contributed by atoms with Crippen LogP contribution in [0, 0.1) is 6.92 Å². The van der Waals surface area contributed by atoms with E-state index in [1.807, 2.05) is 18.2 Å². The molecule has 0 atom stereocenters. The first-order chi connectivity index (χ1) is 8.58. The van der Waals surface area contributed by atoms with Crippen molar-refractivity contribution in [3.63, 3.8) is 0 Å². The fourth-order valence-electron chi connectivity index (χ4n) is 1.89. The molecule has 0 aromatic heterocycles. The summed E-state index contributed by atoms with van der Waals surface area (Å²) in [5.41, 5.74) is 8.78. The highest BCUT2D eigenvalue weighted by atomic mass is 16.4. The van der Waals surface area contributed by atoms with Crippen molar-refractivity contribution in [3.05, 3.63) is 34.9 Å². The summed E-state index contributed by atoms with van der Waals surface area (Å²) in [4.78, 5) is 2.31. The van der Waals surface area contributed by atoms with Crippen LogP contribution >= 0.6 is 0 Å². The number of hydrogen-bond acceptors (Lipinski definition) is 3. The molecular formula is C14H23N3O. The Balaban J connectivity index is 2.74. The van der Waals surface area contributed by atoms with E-state index in [0.29, 0.717) is 0 Å². The van der Waals surface area contributed by atoms with E-state index in [1.54, 1.807) is 0 Å². The van der Waals surface area contributed by atoms with E-state index < -0.39 is 0 Å². The van der Waals surface area contributed by atoms with Gasteiger partial charge < -0.3 is 15.8 Å². The zero-order chi connectivity index (χ0) is 13.5. The summed E-state index contributed by atoms with van der Waals surface area (Å²) in [6.07, 6.45) is 2.43. The molecule has 0 aliphatic heterocycles. The Morgan fingerprint density at radius 2 is 2.17 bits per heavy atom. The van der Waals surface area contributed by atoms with E-state index in [0.717, 1.165) is 18.7 Å². The molecule has 1 aromatic rings. The molecule has 18 heavy (non-hydrogen) atoms. The minimum Gasteiger partial charge on any atom is -0.409 e. The Morgan fingerprint density at radius 3 is 2.72 bits per heavy atom. The molecule has 0 aliphatic carbocycles. The van der Waals surface area contributed by atoms with Gasteiger partial charge in [-0.1, -0.05) is 30.6 Å². The number of benzene rings is 1. The van der Waals surface area contributed by atoms with Crippen molar-refractivity contribution >= 4 is 5.84 Å². The zero-order valence-electron chi connectivity index (χ0n) is 11.5. The summed E-state index contributed by atoms with van der Waals surface area (Å²) in [6.45, 7) is 6.29. The van der Waals surface area contributed by atoms with Gasteiger partial charge in [-0.15, -0.1) is 0 Å². The molecule has 0 fully saturated rings. The average Bonchev–Trinajstić information content (AvgIpc) is 2.37. The third-order valence-corrected chi connectivity index (χ3v) is 3.08. The van der Waals surface area contributed by atoms with Crippen LogP contribution in [-0.4, -0.2) is 29.5 Å². The molecule has 0 saturated heterocycles. The van der Waals surface area contributed by atoms with Crippen LogP contribution in [0.5, 0.6) is 0 Å². The lowest BCUT2D eigenvalue weighted by Crippen LogP contribution is -2.20. The fourth-order valence-corrected chi connectivity index (χ4v) is 1.89. The number of amidine groups is 1. The van der Waals surface area contributed by atoms with Gasteiger partial charge in [0.25, 0.3) is 0 Å². The van der Waals surface area contributed by atoms with E-state index in [4.69, 9.17) is 10.9 Å². The Morgan fingerprint density at radius 1 is 1.44 bits per heavy atom. The number of nitrogens with zero attached hydrogens (tertiary/aromatic N) is 2. The van der Waals surface area contributed by atoms with Crippen LogP contribution in [0.25, 0.3) is 0 Å². The molecular weight excluding hydrogens is 226 g/mol. The summed E-state index contributed by atoms with van der Waals surface area (Å²) in [6, 6.07) is 5.90. The van der Waals surface area contributed by atoms with E-state index in [-0.39, 0.29) is 5.84 Å². The van der Waals surface area contributed by atoms with Crippen LogP contribution in [0.3, 0.4) is 0 Å². The Hall–Kier alpha value is -1.55. The molecule has 4 nitrogen and oxygen atoms in total. The van der Waals surface area contributed by atoms with Gasteiger partial charge >= 0.3 is 0 Å². The number of aryl methyl sites for hydroxylation is 1. The maximum Gasteiger partial charge on any atom is 0.170 e. The van der Waals surface area contributed by atoms with Gasteiger partial charge in [0.1, 0.15) is 0 Å². The first-order valence-corrected chi connectivity index (χ1v) is 6.34. The Kier molecular flexibility index (Phi) is 5.65. The molecule has 100 valence electrons.